The first-order valence-corrected chi connectivity index (χ1v) is 4.68. The fraction of sp³-hybridized carbons (Fsp3) is 1.00. The van der Waals surface area contributed by atoms with Crippen LogP contribution < -0.4 is 5.32 Å². The zero-order valence-corrected chi connectivity index (χ0v) is 9.27. The third-order valence-corrected chi connectivity index (χ3v) is 1.97. The van der Waals surface area contributed by atoms with Crippen LogP contribution in [-0.2, 0) is 4.74 Å². The highest BCUT2D eigenvalue weighted by molar-refractivity contribution is 4.76. The quantitative estimate of drug-likeness (QED) is 0.688. The maximum Gasteiger partial charge on any atom is 0.0637 e. The van der Waals surface area contributed by atoms with E-state index in [9.17, 15) is 0 Å². The predicted octanol–water partition coefficient (Wildman–Crippen LogP) is 2.19. The molecule has 0 heterocycles. The smallest absolute Gasteiger partial charge is 0.0637 e. The minimum Gasteiger partial charge on any atom is -0.379 e. The summed E-state index contributed by atoms with van der Waals surface area (Å²) in [4.78, 5) is 0. The highest BCUT2D eigenvalue weighted by atomic mass is 16.5. The average molecular weight is 173 g/mol. The van der Waals surface area contributed by atoms with Crippen molar-refractivity contribution < 1.29 is 4.74 Å². The maximum atomic E-state index is 5.35. The normalized spacial score (nSPS) is 15.2. The molecular weight excluding hydrogens is 150 g/mol. The van der Waals surface area contributed by atoms with Gasteiger partial charge in [0.25, 0.3) is 0 Å². The Morgan fingerprint density at radius 2 is 1.75 bits per heavy atom. The van der Waals surface area contributed by atoms with Crippen molar-refractivity contribution in [3.05, 3.63) is 0 Å². The Labute approximate surface area is 76.7 Å². The van der Waals surface area contributed by atoms with Gasteiger partial charge in [-0.1, -0.05) is 13.8 Å². The molecule has 0 aliphatic rings. The summed E-state index contributed by atoms with van der Waals surface area (Å²) in [6.45, 7) is 10.8. The molecule has 0 fully saturated rings. The molecule has 0 amide bonds. The second-order valence-corrected chi connectivity index (χ2v) is 4.39. The van der Waals surface area contributed by atoms with Gasteiger partial charge >= 0.3 is 0 Å². The number of ether oxygens (including phenoxy) is 1. The molecule has 0 aromatic carbocycles. The van der Waals surface area contributed by atoms with Crippen LogP contribution in [0.5, 0.6) is 0 Å². The summed E-state index contributed by atoms with van der Waals surface area (Å²) >= 11 is 0. The van der Waals surface area contributed by atoms with Crippen molar-refractivity contribution in [3.63, 3.8) is 0 Å². The first-order valence-electron chi connectivity index (χ1n) is 4.68. The third kappa shape index (κ3) is 5.56. The molecule has 0 unspecified atom stereocenters. The van der Waals surface area contributed by atoms with Crippen LogP contribution in [0.3, 0.4) is 0 Å². The second-order valence-electron chi connectivity index (χ2n) is 4.39. The maximum absolute atomic E-state index is 5.35. The van der Waals surface area contributed by atoms with Crippen molar-refractivity contribution in [1.82, 2.24) is 5.32 Å². The van der Waals surface area contributed by atoms with Crippen molar-refractivity contribution in [2.24, 2.45) is 0 Å². The van der Waals surface area contributed by atoms with E-state index < -0.39 is 0 Å². The molecule has 0 rings (SSSR count). The molecule has 0 radical (unpaired) electrons. The van der Waals surface area contributed by atoms with E-state index in [1.807, 2.05) is 0 Å². The number of hydrogen-bond donors (Lipinski definition) is 1. The third-order valence-electron chi connectivity index (χ3n) is 1.97. The zero-order valence-electron chi connectivity index (χ0n) is 9.27. The van der Waals surface area contributed by atoms with Crippen LogP contribution in [0.4, 0.5) is 0 Å². The van der Waals surface area contributed by atoms with Crippen molar-refractivity contribution >= 4 is 0 Å². The molecule has 0 aliphatic carbocycles. The molecule has 0 spiro atoms. The fourth-order valence-electron chi connectivity index (χ4n) is 1.45. The number of nitrogens with one attached hydrogen (secondary N) is 1. The molecular formula is C10H23NO. The monoisotopic (exact) mass is 173 g/mol. The minimum absolute atomic E-state index is 0.0126. The summed E-state index contributed by atoms with van der Waals surface area (Å²) in [7, 11) is 1.77. The Bertz CT molecular complexity index is 121. The number of methoxy groups -OCH3 is 1. The van der Waals surface area contributed by atoms with E-state index in [4.69, 9.17) is 4.74 Å². The molecule has 12 heavy (non-hydrogen) atoms. The van der Waals surface area contributed by atoms with Gasteiger partial charge in [-0.25, -0.2) is 0 Å². The van der Waals surface area contributed by atoms with Crippen molar-refractivity contribution in [2.75, 3.05) is 7.11 Å². The first-order chi connectivity index (χ1) is 5.37. The lowest BCUT2D eigenvalue weighted by molar-refractivity contribution is 0.00802. The van der Waals surface area contributed by atoms with Gasteiger partial charge < -0.3 is 10.1 Å². The highest BCUT2D eigenvalue weighted by Gasteiger charge is 2.19. The first kappa shape index (κ1) is 11.9. The number of rotatable bonds is 5. The molecule has 2 heteroatoms. The molecule has 1 N–H and O–H groups in total. The van der Waals surface area contributed by atoms with Gasteiger partial charge in [-0.05, 0) is 27.2 Å². The van der Waals surface area contributed by atoms with Crippen LogP contribution in [0.1, 0.15) is 41.0 Å². The van der Waals surface area contributed by atoms with Crippen molar-refractivity contribution in [3.8, 4) is 0 Å². The zero-order chi connectivity index (χ0) is 9.78. The number of hydrogen-bond acceptors (Lipinski definition) is 2. The van der Waals surface area contributed by atoms with E-state index in [1.165, 1.54) is 0 Å². The van der Waals surface area contributed by atoms with Gasteiger partial charge in [-0.3, -0.25) is 0 Å². The lowest BCUT2D eigenvalue weighted by atomic mass is 9.99. The molecule has 0 saturated carbocycles. The van der Waals surface area contributed by atoms with E-state index in [2.05, 4.69) is 39.9 Å². The summed E-state index contributed by atoms with van der Waals surface area (Å²) in [6.07, 6.45) is 1.04. The summed E-state index contributed by atoms with van der Waals surface area (Å²) in [5.41, 5.74) is -0.0126. The lowest BCUT2D eigenvalue weighted by Gasteiger charge is -2.28. The molecule has 0 aliphatic heterocycles. The Morgan fingerprint density at radius 1 is 1.25 bits per heavy atom. The van der Waals surface area contributed by atoms with E-state index in [1.54, 1.807) is 7.11 Å². The summed E-state index contributed by atoms with van der Waals surface area (Å²) in [5, 5.41) is 3.45. The van der Waals surface area contributed by atoms with Crippen LogP contribution in [0.2, 0.25) is 0 Å². The van der Waals surface area contributed by atoms with Crippen LogP contribution in [0, 0.1) is 0 Å². The lowest BCUT2D eigenvalue weighted by Crippen LogP contribution is -2.38. The molecule has 1 atom stereocenters. The van der Waals surface area contributed by atoms with E-state index in [-0.39, 0.29) is 5.60 Å². The molecule has 0 aromatic rings. The fourth-order valence-corrected chi connectivity index (χ4v) is 1.45. The second kappa shape index (κ2) is 4.83. The average Bonchev–Trinajstić information content (AvgIpc) is 1.84. The van der Waals surface area contributed by atoms with Gasteiger partial charge in [0.1, 0.15) is 0 Å². The summed E-state index contributed by atoms with van der Waals surface area (Å²) in [5.74, 6) is 0. The van der Waals surface area contributed by atoms with E-state index >= 15 is 0 Å². The standard InChI is InChI=1S/C10H23NO/c1-8(2)11-9(3)7-10(4,5)12-6/h8-9,11H,7H2,1-6H3/t9-/m1/s1. The molecule has 0 bridgehead atoms. The minimum atomic E-state index is -0.0126. The summed E-state index contributed by atoms with van der Waals surface area (Å²) in [6, 6.07) is 1.06. The van der Waals surface area contributed by atoms with Crippen LogP contribution in [-0.4, -0.2) is 24.8 Å². The van der Waals surface area contributed by atoms with E-state index in [0.29, 0.717) is 12.1 Å². The molecule has 2 nitrogen and oxygen atoms in total. The molecule has 0 saturated heterocycles. The van der Waals surface area contributed by atoms with Gasteiger partial charge in [0, 0.05) is 19.2 Å². The Kier molecular flexibility index (Phi) is 4.80. The topological polar surface area (TPSA) is 21.3 Å². The van der Waals surface area contributed by atoms with Gasteiger partial charge in [0.15, 0.2) is 0 Å². The predicted molar refractivity (Wildman–Crippen MR) is 53.4 cm³/mol. The van der Waals surface area contributed by atoms with E-state index in [0.717, 1.165) is 6.42 Å². The van der Waals surface area contributed by atoms with Gasteiger partial charge in [-0.2, -0.15) is 0 Å². The molecule has 0 aromatic heterocycles. The highest BCUT2D eigenvalue weighted by Crippen LogP contribution is 2.15. The van der Waals surface area contributed by atoms with Crippen molar-refractivity contribution in [2.45, 2.75) is 58.7 Å². The van der Waals surface area contributed by atoms with Crippen LogP contribution in [0.25, 0.3) is 0 Å². The van der Waals surface area contributed by atoms with Crippen LogP contribution >= 0.6 is 0 Å². The summed E-state index contributed by atoms with van der Waals surface area (Å²) < 4.78 is 5.35. The molecule has 74 valence electrons. The SMILES string of the molecule is COC(C)(C)C[C@@H](C)NC(C)C. The largest absolute Gasteiger partial charge is 0.379 e. The van der Waals surface area contributed by atoms with Gasteiger partial charge in [0.05, 0.1) is 5.60 Å². The van der Waals surface area contributed by atoms with Crippen LogP contribution in [0.15, 0.2) is 0 Å². The van der Waals surface area contributed by atoms with Gasteiger partial charge in [0.2, 0.25) is 0 Å². The van der Waals surface area contributed by atoms with Crippen molar-refractivity contribution in [1.29, 1.82) is 0 Å². The Hall–Kier alpha value is -0.0800. The van der Waals surface area contributed by atoms with Gasteiger partial charge in [-0.15, -0.1) is 0 Å². The Morgan fingerprint density at radius 3 is 2.08 bits per heavy atom. The Balaban J connectivity index is 3.75.